The Balaban J connectivity index is 1.45. The highest BCUT2D eigenvalue weighted by molar-refractivity contribution is 7.13. The molecule has 0 fully saturated rings. The molecule has 1 N–H and O–H groups in total. The molecule has 1 amide bonds. The molecule has 9 heteroatoms. The maximum atomic E-state index is 13.6. The van der Waals surface area contributed by atoms with Crippen molar-refractivity contribution in [3.8, 4) is 22.3 Å². The molecule has 130 valence electrons. The van der Waals surface area contributed by atoms with Gasteiger partial charge in [0.15, 0.2) is 0 Å². The van der Waals surface area contributed by atoms with Gasteiger partial charge in [0.1, 0.15) is 18.1 Å². The zero-order valence-corrected chi connectivity index (χ0v) is 14.1. The molecule has 4 aromatic rings. The first kappa shape index (κ1) is 16.2. The Bertz CT molecular complexity index is 1040. The smallest absolute Gasteiger partial charge is 0.268 e. The van der Waals surface area contributed by atoms with Gasteiger partial charge in [-0.1, -0.05) is 23.4 Å². The van der Waals surface area contributed by atoms with Crippen molar-refractivity contribution in [3.05, 3.63) is 60.1 Å². The number of hydrogen-bond donors (Lipinski definition) is 1. The lowest BCUT2D eigenvalue weighted by atomic mass is 10.3. The van der Waals surface area contributed by atoms with E-state index >= 15 is 0 Å². The minimum atomic E-state index is -0.486. The minimum absolute atomic E-state index is 0.0169. The largest absolute Gasteiger partial charge is 0.333 e. The number of imidazole rings is 1. The molecule has 0 spiro atoms. The summed E-state index contributed by atoms with van der Waals surface area (Å²) in [5, 5.41) is 8.35. The van der Waals surface area contributed by atoms with Crippen LogP contribution >= 0.6 is 11.3 Å². The Morgan fingerprint density at radius 1 is 1.27 bits per heavy atom. The maximum absolute atomic E-state index is 13.6. The molecule has 0 atom stereocenters. The van der Waals surface area contributed by atoms with Crippen molar-refractivity contribution in [1.82, 2.24) is 19.7 Å². The van der Waals surface area contributed by atoms with Gasteiger partial charge in [-0.3, -0.25) is 4.79 Å². The number of carbonyl (C=O) groups excluding carboxylic acids is 1. The summed E-state index contributed by atoms with van der Waals surface area (Å²) in [6, 6.07) is 9.77. The molecule has 26 heavy (non-hydrogen) atoms. The van der Waals surface area contributed by atoms with E-state index in [0.29, 0.717) is 17.4 Å². The SMILES string of the molecule is O=C(Cn1cnc(-c2noc(-c3cccs3)n2)c1)Nc1ccccc1F. The summed E-state index contributed by atoms with van der Waals surface area (Å²) in [7, 11) is 0. The van der Waals surface area contributed by atoms with Gasteiger partial charge in [-0.15, -0.1) is 11.3 Å². The van der Waals surface area contributed by atoms with Crippen LogP contribution in [0.25, 0.3) is 22.3 Å². The molecule has 0 radical (unpaired) electrons. The highest BCUT2D eigenvalue weighted by Gasteiger charge is 2.14. The van der Waals surface area contributed by atoms with Gasteiger partial charge in [-0.2, -0.15) is 4.98 Å². The highest BCUT2D eigenvalue weighted by Crippen LogP contribution is 2.25. The number of halogens is 1. The first-order valence-electron chi connectivity index (χ1n) is 7.63. The lowest BCUT2D eigenvalue weighted by Crippen LogP contribution is -2.18. The Hall–Kier alpha value is -3.33. The fourth-order valence-corrected chi connectivity index (χ4v) is 2.95. The third-order valence-corrected chi connectivity index (χ3v) is 4.35. The van der Waals surface area contributed by atoms with E-state index in [0.717, 1.165) is 4.88 Å². The van der Waals surface area contributed by atoms with Crippen LogP contribution in [0.3, 0.4) is 0 Å². The van der Waals surface area contributed by atoms with Gasteiger partial charge >= 0.3 is 0 Å². The molecule has 0 unspecified atom stereocenters. The summed E-state index contributed by atoms with van der Waals surface area (Å²) < 4.78 is 20.4. The number of thiophene rings is 1. The van der Waals surface area contributed by atoms with Crippen LogP contribution in [-0.4, -0.2) is 25.6 Å². The van der Waals surface area contributed by atoms with E-state index in [1.165, 1.54) is 29.8 Å². The minimum Gasteiger partial charge on any atom is -0.333 e. The Morgan fingerprint density at radius 2 is 2.15 bits per heavy atom. The predicted molar refractivity (Wildman–Crippen MR) is 93.9 cm³/mol. The lowest BCUT2D eigenvalue weighted by molar-refractivity contribution is -0.116. The first-order valence-corrected chi connectivity index (χ1v) is 8.51. The van der Waals surface area contributed by atoms with Crippen molar-refractivity contribution < 1.29 is 13.7 Å². The number of nitrogens with zero attached hydrogens (tertiary/aromatic N) is 4. The van der Waals surface area contributed by atoms with Gasteiger partial charge in [0.25, 0.3) is 5.89 Å². The van der Waals surface area contributed by atoms with Crippen molar-refractivity contribution in [2.24, 2.45) is 0 Å². The second-order valence-electron chi connectivity index (χ2n) is 5.36. The molecule has 4 rings (SSSR count). The van der Waals surface area contributed by atoms with E-state index in [9.17, 15) is 9.18 Å². The van der Waals surface area contributed by atoms with Gasteiger partial charge in [-0.05, 0) is 23.6 Å². The second-order valence-corrected chi connectivity index (χ2v) is 6.31. The monoisotopic (exact) mass is 369 g/mol. The van der Waals surface area contributed by atoms with Crippen LogP contribution < -0.4 is 5.32 Å². The molecule has 0 saturated heterocycles. The topological polar surface area (TPSA) is 85.8 Å². The predicted octanol–water partition coefficient (Wildman–Crippen LogP) is 3.44. The van der Waals surface area contributed by atoms with E-state index in [2.05, 4.69) is 20.4 Å². The van der Waals surface area contributed by atoms with Crippen molar-refractivity contribution in [2.75, 3.05) is 5.32 Å². The van der Waals surface area contributed by atoms with Crippen LogP contribution in [0.15, 0.2) is 58.8 Å². The van der Waals surface area contributed by atoms with Gasteiger partial charge < -0.3 is 14.4 Å². The zero-order chi connectivity index (χ0) is 17.9. The van der Waals surface area contributed by atoms with Crippen molar-refractivity contribution >= 4 is 22.9 Å². The normalized spacial score (nSPS) is 10.8. The average Bonchev–Trinajstić information content (AvgIpc) is 3.37. The lowest BCUT2D eigenvalue weighted by Gasteiger charge is -2.06. The summed E-state index contributed by atoms with van der Waals surface area (Å²) in [5.74, 6) is -0.102. The summed E-state index contributed by atoms with van der Waals surface area (Å²) in [6.45, 7) is -0.0169. The number of nitrogens with one attached hydrogen (secondary N) is 1. The van der Waals surface area contributed by atoms with Gasteiger partial charge in [0, 0.05) is 6.20 Å². The first-order chi connectivity index (χ1) is 12.7. The molecule has 0 saturated carbocycles. The standard InChI is InChI=1S/C17H12FN5O2S/c18-11-4-1-2-5-12(11)20-15(24)9-23-8-13(19-10-23)16-21-17(25-22-16)14-6-3-7-26-14/h1-8,10H,9H2,(H,20,24). The number of carbonyl (C=O) groups is 1. The van der Waals surface area contributed by atoms with E-state index in [1.807, 2.05) is 17.5 Å². The van der Waals surface area contributed by atoms with Crippen LogP contribution in [0, 0.1) is 5.82 Å². The number of rotatable bonds is 5. The molecule has 0 bridgehead atoms. The van der Waals surface area contributed by atoms with E-state index in [1.54, 1.807) is 22.9 Å². The molecule has 3 aromatic heterocycles. The number of hydrogen-bond acceptors (Lipinski definition) is 6. The summed E-state index contributed by atoms with van der Waals surface area (Å²) in [5.41, 5.74) is 0.617. The van der Waals surface area contributed by atoms with Gasteiger partial charge in [0.05, 0.1) is 16.9 Å². The molecule has 0 aliphatic carbocycles. The second kappa shape index (κ2) is 6.89. The van der Waals surface area contributed by atoms with Crippen LogP contribution in [0.5, 0.6) is 0 Å². The molecular weight excluding hydrogens is 357 g/mol. The van der Waals surface area contributed by atoms with E-state index < -0.39 is 5.82 Å². The van der Waals surface area contributed by atoms with Crippen LogP contribution in [0.1, 0.15) is 0 Å². The summed E-state index contributed by atoms with van der Waals surface area (Å²) >= 11 is 1.49. The number of benzene rings is 1. The van der Waals surface area contributed by atoms with Crippen LogP contribution in [-0.2, 0) is 11.3 Å². The van der Waals surface area contributed by atoms with Gasteiger partial charge in [-0.25, -0.2) is 9.37 Å². The fourth-order valence-electron chi connectivity index (χ4n) is 2.31. The molecule has 0 aliphatic rings. The quantitative estimate of drug-likeness (QED) is 0.582. The maximum Gasteiger partial charge on any atom is 0.268 e. The van der Waals surface area contributed by atoms with Crippen molar-refractivity contribution in [2.45, 2.75) is 6.54 Å². The van der Waals surface area contributed by atoms with E-state index in [-0.39, 0.29) is 18.1 Å². The third kappa shape index (κ3) is 3.38. The number of anilines is 1. The van der Waals surface area contributed by atoms with Crippen LogP contribution in [0.4, 0.5) is 10.1 Å². The molecule has 7 nitrogen and oxygen atoms in total. The Kier molecular flexibility index (Phi) is 4.28. The zero-order valence-electron chi connectivity index (χ0n) is 13.3. The molecule has 0 aliphatic heterocycles. The molecular formula is C17H12FN5O2S. The highest BCUT2D eigenvalue weighted by atomic mass is 32.1. The van der Waals surface area contributed by atoms with Crippen molar-refractivity contribution in [3.63, 3.8) is 0 Å². The van der Waals surface area contributed by atoms with Crippen LogP contribution in [0.2, 0.25) is 0 Å². The summed E-state index contributed by atoms with van der Waals surface area (Å²) in [6.07, 6.45) is 3.11. The number of para-hydroxylation sites is 1. The van der Waals surface area contributed by atoms with E-state index in [4.69, 9.17) is 4.52 Å². The Morgan fingerprint density at radius 3 is 2.96 bits per heavy atom. The molecule has 3 heterocycles. The summed E-state index contributed by atoms with van der Waals surface area (Å²) in [4.78, 5) is 21.4. The molecule has 1 aromatic carbocycles. The number of amides is 1. The average molecular weight is 369 g/mol. The fraction of sp³-hybridized carbons (Fsp3) is 0.0588. The van der Waals surface area contributed by atoms with Gasteiger partial charge in [0.2, 0.25) is 11.7 Å². The third-order valence-electron chi connectivity index (χ3n) is 3.49. The van der Waals surface area contributed by atoms with Crippen molar-refractivity contribution in [1.29, 1.82) is 0 Å². The Labute approximate surface area is 151 Å². The number of aromatic nitrogens is 4.